The number of benzene rings is 2. The molecule has 0 N–H and O–H groups in total. The molecule has 1 unspecified atom stereocenters. The molecule has 0 aliphatic carbocycles. The minimum Gasteiger partial charge on any atom is -0.441 e. The van der Waals surface area contributed by atoms with E-state index < -0.39 is 28.1 Å². The first-order chi connectivity index (χ1) is 14.8. The van der Waals surface area contributed by atoms with Crippen molar-refractivity contribution >= 4 is 27.6 Å². The number of aryl methyl sites for hydroxylation is 1. The highest BCUT2D eigenvalue weighted by atomic mass is 32.2. The van der Waals surface area contributed by atoms with Crippen LogP contribution in [0, 0.1) is 12.7 Å². The van der Waals surface area contributed by atoms with E-state index in [9.17, 15) is 17.6 Å². The van der Waals surface area contributed by atoms with E-state index in [1.165, 1.54) is 23.1 Å². The lowest BCUT2D eigenvalue weighted by Gasteiger charge is -2.29. The van der Waals surface area contributed by atoms with Crippen LogP contribution in [0.15, 0.2) is 47.4 Å². The Morgan fingerprint density at radius 1 is 1.13 bits per heavy atom. The number of ether oxygens (including phenoxy) is 2. The molecule has 2 aromatic carbocycles. The second-order valence-electron chi connectivity index (χ2n) is 7.40. The maximum atomic E-state index is 14.7. The number of carbonyl (C=O) groups excluding carboxylic acids is 1. The Morgan fingerprint density at radius 3 is 2.52 bits per heavy atom. The first kappa shape index (κ1) is 21.5. The fraction of sp³-hybridized carbons (Fsp3) is 0.381. The molecule has 31 heavy (non-hydrogen) atoms. The Balaban J connectivity index is 1.40. The van der Waals surface area contributed by atoms with Gasteiger partial charge in [-0.1, -0.05) is 17.7 Å². The van der Waals surface area contributed by atoms with Gasteiger partial charge in [-0.3, -0.25) is 9.08 Å². The molecular weight excluding hydrogens is 427 g/mol. The van der Waals surface area contributed by atoms with Gasteiger partial charge in [-0.25, -0.2) is 9.18 Å². The molecule has 166 valence electrons. The van der Waals surface area contributed by atoms with Gasteiger partial charge in [0.25, 0.3) is 10.1 Å². The van der Waals surface area contributed by atoms with Gasteiger partial charge >= 0.3 is 6.09 Å². The quantitative estimate of drug-likeness (QED) is 0.626. The summed E-state index contributed by atoms with van der Waals surface area (Å²) >= 11 is 0. The fourth-order valence-electron chi connectivity index (χ4n) is 3.48. The van der Waals surface area contributed by atoms with Crippen molar-refractivity contribution in [2.24, 2.45) is 0 Å². The van der Waals surface area contributed by atoms with E-state index in [0.29, 0.717) is 37.7 Å². The largest absolute Gasteiger partial charge is 0.441 e. The van der Waals surface area contributed by atoms with Crippen LogP contribution in [0.2, 0.25) is 0 Å². The fourth-order valence-corrected chi connectivity index (χ4v) is 4.42. The number of anilines is 2. The van der Waals surface area contributed by atoms with Crippen LogP contribution >= 0.6 is 0 Å². The lowest BCUT2D eigenvalue weighted by atomic mass is 10.2. The molecule has 1 amide bonds. The van der Waals surface area contributed by atoms with Gasteiger partial charge < -0.3 is 14.4 Å². The van der Waals surface area contributed by atoms with E-state index in [0.717, 1.165) is 5.56 Å². The van der Waals surface area contributed by atoms with Crippen molar-refractivity contribution < 1.29 is 31.3 Å². The molecule has 0 bridgehead atoms. The molecule has 0 radical (unpaired) electrons. The Labute approximate surface area is 180 Å². The van der Waals surface area contributed by atoms with Crippen molar-refractivity contribution in [3.63, 3.8) is 0 Å². The van der Waals surface area contributed by atoms with E-state index in [-0.39, 0.29) is 18.0 Å². The molecule has 10 heteroatoms. The van der Waals surface area contributed by atoms with Crippen molar-refractivity contribution in [1.82, 2.24) is 0 Å². The molecule has 0 saturated carbocycles. The van der Waals surface area contributed by atoms with Crippen LogP contribution in [-0.4, -0.2) is 60.1 Å². The zero-order valence-corrected chi connectivity index (χ0v) is 17.8. The smallest absolute Gasteiger partial charge is 0.414 e. The summed E-state index contributed by atoms with van der Waals surface area (Å²) in [6, 6.07) is 10.8. The predicted octanol–water partition coefficient (Wildman–Crippen LogP) is 2.70. The summed E-state index contributed by atoms with van der Waals surface area (Å²) in [5.41, 5.74) is 1.71. The number of nitrogens with zero attached hydrogens (tertiary/aromatic N) is 2. The number of morpholine rings is 1. The molecule has 2 fully saturated rings. The summed E-state index contributed by atoms with van der Waals surface area (Å²) in [6.07, 6.45) is -1.48. The zero-order valence-electron chi connectivity index (χ0n) is 17.0. The van der Waals surface area contributed by atoms with Crippen LogP contribution in [0.4, 0.5) is 20.6 Å². The molecule has 2 heterocycles. The number of halogens is 1. The van der Waals surface area contributed by atoms with Gasteiger partial charge in [-0.15, -0.1) is 0 Å². The van der Waals surface area contributed by atoms with Crippen LogP contribution in [-0.2, 0) is 23.8 Å². The molecule has 2 aliphatic heterocycles. The molecular formula is C21H23FN2O6S. The summed E-state index contributed by atoms with van der Waals surface area (Å²) in [5, 5.41) is 0. The van der Waals surface area contributed by atoms with E-state index >= 15 is 0 Å². The molecule has 4 rings (SSSR count). The number of hydrogen-bond acceptors (Lipinski definition) is 7. The van der Waals surface area contributed by atoms with Crippen LogP contribution in [0.5, 0.6) is 0 Å². The highest BCUT2D eigenvalue weighted by Gasteiger charge is 2.34. The summed E-state index contributed by atoms with van der Waals surface area (Å²) in [5.74, 6) is -0.450. The van der Waals surface area contributed by atoms with Gasteiger partial charge in [-0.05, 0) is 37.3 Å². The number of amides is 1. The van der Waals surface area contributed by atoms with E-state index in [1.54, 1.807) is 24.3 Å². The van der Waals surface area contributed by atoms with E-state index in [1.807, 2.05) is 11.8 Å². The van der Waals surface area contributed by atoms with Crippen molar-refractivity contribution in [2.75, 3.05) is 49.3 Å². The SMILES string of the molecule is Cc1ccc(S(=O)(=O)OCC2CN(c3ccc(N4CCOCC4)c(F)c3)C(=O)O2)cc1. The lowest BCUT2D eigenvalue weighted by molar-refractivity contribution is 0.107. The Bertz CT molecular complexity index is 1050. The molecule has 1 atom stereocenters. The van der Waals surface area contributed by atoms with Crippen molar-refractivity contribution in [2.45, 2.75) is 17.9 Å². The number of hydrogen-bond donors (Lipinski definition) is 0. The normalized spacial score (nSPS) is 19.5. The highest BCUT2D eigenvalue weighted by Crippen LogP contribution is 2.28. The standard InChI is InChI=1S/C21H23FN2O6S/c1-15-2-5-18(6-3-15)31(26,27)29-14-17-13-24(21(25)30-17)16-4-7-20(19(22)12-16)23-8-10-28-11-9-23/h2-7,12,17H,8-11,13-14H2,1H3. The molecule has 8 nitrogen and oxygen atoms in total. The van der Waals surface area contributed by atoms with Crippen molar-refractivity contribution in [3.05, 3.63) is 53.8 Å². The van der Waals surface area contributed by atoms with Crippen molar-refractivity contribution in [3.8, 4) is 0 Å². The maximum absolute atomic E-state index is 14.7. The highest BCUT2D eigenvalue weighted by molar-refractivity contribution is 7.86. The van der Waals surface area contributed by atoms with Gasteiger partial charge in [0.05, 0.1) is 36.0 Å². The third kappa shape index (κ3) is 4.81. The minimum absolute atomic E-state index is 0.0278. The number of cyclic esters (lactones) is 1. The topological polar surface area (TPSA) is 85.4 Å². The van der Waals surface area contributed by atoms with Gasteiger partial charge in [-0.2, -0.15) is 8.42 Å². The average molecular weight is 450 g/mol. The third-order valence-corrected chi connectivity index (χ3v) is 6.48. The first-order valence-electron chi connectivity index (χ1n) is 9.90. The van der Waals surface area contributed by atoms with Gasteiger partial charge in [0.1, 0.15) is 18.5 Å². The summed E-state index contributed by atoms with van der Waals surface area (Å²) < 4.78 is 54.9. The van der Waals surface area contributed by atoms with E-state index in [4.69, 9.17) is 13.7 Å². The number of carbonyl (C=O) groups is 1. The lowest BCUT2D eigenvalue weighted by Crippen LogP contribution is -2.36. The van der Waals surface area contributed by atoms with Gasteiger partial charge in [0.15, 0.2) is 0 Å². The maximum Gasteiger partial charge on any atom is 0.414 e. The van der Waals surface area contributed by atoms with Crippen LogP contribution in [0.3, 0.4) is 0 Å². The number of rotatable bonds is 6. The molecule has 0 spiro atoms. The van der Waals surface area contributed by atoms with Crippen LogP contribution in [0.25, 0.3) is 0 Å². The molecule has 2 aliphatic rings. The van der Waals surface area contributed by atoms with Gasteiger partial charge in [0.2, 0.25) is 0 Å². The first-order valence-corrected chi connectivity index (χ1v) is 11.3. The third-order valence-electron chi connectivity index (χ3n) is 5.19. The summed E-state index contributed by atoms with van der Waals surface area (Å²) in [6.45, 7) is 3.83. The molecule has 2 aromatic rings. The van der Waals surface area contributed by atoms with Crippen LogP contribution < -0.4 is 9.80 Å². The van der Waals surface area contributed by atoms with Gasteiger partial charge in [0, 0.05) is 13.1 Å². The minimum atomic E-state index is -3.97. The van der Waals surface area contributed by atoms with Crippen LogP contribution in [0.1, 0.15) is 5.56 Å². The second-order valence-corrected chi connectivity index (χ2v) is 9.02. The second kappa shape index (κ2) is 8.81. The molecule has 0 aromatic heterocycles. The zero-order chi connectivity index (χ0) is 22.0. The Kier molecular flexibility index (Phi) is 6.12. The van der Waals surface area contributed by atoms with E-state index in [2.05, 4.69) is 0 Å². The summed E-state index contributed by atoms with van der Waals surface area (Å²) in [4.78, 5) is 15.4. The average Bonchev–Trinajstić information content (AvgIpc) is 3.14. The summed E-state index contributed by atoms with van der Waals surface area (Å²) in [7, 11) is -3.97. The predicted molar refractivity (Wildman–Crippen MR) is 111 cm³/mol. The molecule has 2 saturated heterocycles. The monoisotopic (exact) mass is 450 g/mol. The Hall–Kier alpha value is -2.69. The Morgan fingerprint density at radius 2 is 1.84 bits per heavy atom. The van der Waals surface area contributed by atoms with Crippen molar-refractivity contribution in [1.29, 1.82) is 0 Å².